The number of non-ortho nitro benzene ring substituents is 1. The van der Waals surface area contributed by atoms with Gasteiger partial charge in [-0.2, -0.15) is 0 Å². The van der Waals surface area contributed by atoms with E-state index in [9.17, 15) is 20.0 Å². The number of carbonyl (C=O) groups is 1. The summed E-state index contributed by atoms with van der Waals surface area (Å²) in [7, 11) is 2.88. The van der Waals surface area contributed by atoms with E-state index in [1.807, 2.05) is 12.1 Å². The molecule has 2 N–H and O–H groups in total. The SMILES string of the molecule is COc1cc([C@H]2c3cc4c(cc3[C@@H](Nc3cccc([N+](=O)[O-])c3)C3COC(=O)[C@@H]32)OCO4)cc(OC)c1O. The predicted molar refractivity (Wildman–Crippen MR) is 133 cm³/mol. The van der Waals surface area contributed by atoms with Crippen LogP contribution in [0.15, 0.2) is 48.5 Å². The Morgan fingerprint density at radius 2 is 1.68 bits per heavy atom. The van der Waals surface area contributed by atoms with Gasteiger partial charge in [0, 0.05) is 29.7 Å². The Labute approximate surface area is 217 Å². The first-order chi connectivity index (χ1) is 18.4. The van der Waals surface area contributed by atoms with Gasteiger partial charge in [-0.3, -0.25) is 14.9 Å². The maximum absolute atomic E-state index is 13.2. The van der Waals surface area contributed by atoms with Crippen LogP contribution in [0.4, 0.5) is 11.4 Å². The topological polar surface area (TPSA) is 139 Å². The summed E-state index contributed by atoms with van der Waals surface area (Å²) in [4.78, 5) is 24.2. The summed E-state index contributed by atoms with van der Waals surface area (Å²) in [6, 6.07) is 12.9. The number of hydrogen-bond acceptors (Lipinski definition) is 10. The maximum Gasteiger partial charge on any atom is 0.310 e. The summed E-state index contributed by atoms with van der Waals surface area (Å²) in [5, 5.41) is 25.3. The largest absolute Gasteiger partial charge is 0.502 e. The number of rotatable bonds is 6. The number of aromatic hydroxyl groups is 1. The lowest BCUT2D eigenvalue weighted by molar-refractivity contribution is -0.384. The van der Waals surface area contributed by atoms with Crippen molar-refractivity contribution in [3.63, 3.8) is 0 Å². The summed E-state index contributed by atoms with van der Waals surface area (Å²) >= 11 is 0. The number of phenols is 1. The van der Waals surface area contributed by atoms with Crippen molar-refractivity contribution in [3.05, 3.63) is 75.3 Å². The highest BCUT2D eigenvalue weighted by Gasteiger charge is 2.52. The molecule has 4 atom stereocenters. The van der Waals surface area contributed by atoms with Gasteiger partial charge in [-0.25, -0.2) is 0 Å². The maximum atomic E-state index is 13.2. The van der Waals surface area contributed by atoms with Crippen LogP contribution in [-0.4, -0.2) is 43.6 Å². The van der Waals surface area contributed by atoms with Gasteiger partial charge in [0.15, 0.2) is 23.0 Å². The van der Waals surface area contributed by atoms with Crippen LogP contribution in [0.25, 0.3) is 0 Å². The summed E-state index contributed by atoms with van der Waals surface area (Å²) in [5.74, 6) is -0.364. The van der Waals surface area contributed by atoms with Gasteiger partial charge in [0.25, 0.3) is 5.69 Å². The van der Waals surface area contributed by atoms with Gasteiger partial charge in [0.2, 0.25) is 12.5 Å². The summed E-state index contributed by atoms with van der Waals surface area (Å²) in [5.41, 5.74) is 2.83. The number of ether oxygens (including phenoxy) is 5. The Morgan fingerprint density at radius 3 is 2.34 bits per heavy atom. The van der Waals surface area contributed by atoms with Crippen molar-refractivity contribution in [1.29, 1.82) is 0 Å². The molecule has 3 aliphatic rings. The summed E-state index contributed by atoms with van der Waals surface area (Å²) in [6.45, 7) is 0.231. The second kappa shape index (κ2) is 9.02. The molecule has 1 saturated heterocycles. The molecule has 38 heavy (non-hydrogen) atoms. The lowest BCUT2D eigenvalue weighted by atomic mass is 9.65. The van der Waals surface area contributed by atoms with Gasteiger partial charge in [0.05, 0.1) is 37.7 Å². The molecule has 1 fully saturated rings. The van der Waals surface area contributed by atoms with Gasteiger partial charge >= 0.3 is 5.97 Å². The highest BCUT2D eigenvalue weighted by Crippen LogP contribution is 2.56. The van der Waals surface area contributed by atoms with E-state index in [1.54, 1.807) is 24.3 Å². The molecule has 1 aliphatic carbocycles. The van der Waals surface area contributed by atoms with E-state index >= 15 is 0 Å². The number of fused-ring (bicyclic) bond motifs is 3. The molecule has 3 aromatic carbocycles. The lowest BCUT2D eigenvalue weighted by Crippen LogP contribution is -2.37. The van der Waals surface area contributed by atoms with Crippen LogP contribution in [0, 0.1) is 22.0 Å². The van der Waals surface area contributed by atoms with E-state index in [2.05, 4.69) is 5.32 Å². The molecule has 11 nitrogen and oxygen atoms in total. The fourth-order valence-electron chi connectivity index (χ4n) is 5.73. The van der Waals surface area contributed by atoms with Crippen LogP contribution in [0.2, 0.25) is 0 Å². The normalized spacial score (nSPS) is 22.7. The third-order valence-electron chi connectivity index (χ3n) is 7.43. The minimum atomic E-state index is -0.599. The molecule has 0 spiro atoms. The van der Waals surface area contributed by atoms with Gasteiger partial charge in [-0.1, -0.05) is 6.07 Å². The highest BCUT2D eigenvalue weighted by molar-refractivity contribution is 5.79. The van der Waals surface area contributed by atoms with E-state index in [1.165, 1.54) is 26.4 Å². The lowest BCUT2D eigenvalue weighted by Gasteiger charge is -2.40. The molecule has 11 heteroatoms. The molecule has 0 radical (unpaired) electrons. The van der Waals surface area contributed by atoms with E-state index in [0.717, 1.165) is 11.1 Å². The molecule has 6 rings (SSSR count). The Bertz CT molecular complexity index is 1430. The second-order valence-electron chi connectivity index (χ2n) is 9.34. The second-order valence-corrected chi connectivity index (χ2v) is 9.34. The molecule has 0 bridgehead atoms. The number of anilines is 1. The molecule has 3 aromatic rings. The molecular weight excluding hydrogens is 496 g/mol. The van der Waals surface area contributed by atoms with Crippen LogP contribution in [0.5, 0.6) is 28.7 Å². The number of benzene rings is 3. The number of nitro groups is 1. The minimum absolute atomic E-state index is 0.0480. The zero-order valence-corrected chi connectivity index (χ0v) is 20.5. The number of hydrogen-bond donors (Lipinski definition) is 2. The average molecular weight is 520 g/mol. The van der Waals surface area contributed by atoms with Crippen LogP contribution < -0.4 is 24.3 Å². The number of nitrogens with one attached hydrogen (secondary N) is 1. The van der Waals surface area contributed by atoms with Crippen molar-refractivity contribution in [3.8, 4) is 28.7 Å². The number of methoxy groups -OCH3 is 2. The minimum Gasteiger partial charge on any atom is -0.502 e. The molecular formula is C27H24N2O9. The molecule has 196 valence electrons. The quantitative estimate of drug-likeness (QED) is 0.277. The number of esters is 1. The van der Waals surface area contributed by atoms with E-state index in [-0.39, 0.29) is 48.2 Å². The van der Waals surface area contributed by atoms with E-state index in [4.69, 9.17) is 23.7 Å². The third kappa shape index (κ3) is 3.69. The van der Waals surface area contributed by atoms with Crippen molar-refractivity contribution in [2.24, 2.45) is 11.8 Å². The fourth-order valence-corrected chi connectivity index (χ4v) is 5.73. The molecule has 1 unspecified atom stereocenters. The van der Waals surface area contributed by atoms with E-state index in [0.29, 0.717) is 22.7 Å². The average Bonchev–Trinajstić information content (AvgIpc) is 3.54. The molecule has 0 saturated carbocycles. The van der Waals surface area contributed by atoms with Gasteiger partial charge in [0.1, 0.15) is 0 Å². The number of cyclic esters (lactones) is 1. The van der Waals surface area contributed by atoms with Crippen molar-refractivity contribution < 1.29 is 38.5 Å². The van der Waals surface area contributed by atoms with Gasteiger partial charge < -0.3 is 34.1 Å². The Morgan fingerprint density at radius 1 is 1.00 bits per heavy atom. The first-order valence-corrected chi connectivity index (χ1v) is 12.0. The number of phenolic OH excluding ortho intramolecular Hbond substituents is 1. The third-order valence-corrected chi connectivity index (χ3v) is 7.43. The molecule has 0 amide bonds. The van der Waals surface area contributed by atoms with E-state index < -0.39 is 22.8 Å². The molecule has 2 aliphatic heterocycles. The summed E-state index contributed by atoms with van der Waals surface area (Å²) in [6.07, 6.45) is 0. The molecule has 2 heterocycles. The van der Waals surface area contributed by atoms with Gasteiger partial charge in [-0.05, 0) is 47.0 Å². The van der Waals surface area contributed by atoms with Crippen LogP contribution in [0.3, 0.4) is 0 Å². The van der Waals surface area contributed by atoms with Crippen molar-refractivity contribution in [1.82, 2.24) is 0 Å². The Hall–Kier alpha value is -4.67. The summed E-state index contributed by atoms with van der Waals surface area (Å²) < 4.78 is 27.7. The van der Waals surface area contributed by atoms with Crippen molar-refractivity contribution >= 4 is 17.3 Å². The predicted octanol–water partition coefficient (Wildman–Crippen LogP) is 4.13. The smallest absolute Gasteiger partial charge is 0.310 e. The number of nitro benzene ring substituents is 1. The van der Waals surface area contributed by atoms with Crippen LogP contribution in [0.1, 0.15) is 28.7 Å². The van der Waals surface area contributed by atoms with Crippen LogP contribution in [-0.2, 0) is 9.53 Å². The molecule has 0 aromatic heterocycles. The zero-order valence-electron chi connectivity index (χ0n) is 20.5. The Kier molecular flexibility index (Phi) is 5.63. The van der Waals surface area contributed by atoms with Crippen LogP contribution >= 0.6 is 0 Å². The zero-order chi connectivity index (χ0) is 26.6. The number of nitrogens with zero attached hydrogens (tertiary/aromatic N) is 1. The monoisotopic (exact) mass is 520 g/mol. The van der Waals surface area contributed by atoms with Gasteiger partial charge in [-0.15, -0.1) is 0 Å². The van der Waals surface area contributed by atoms with Crippen molar-refractivity contribution in [2.45, 2.75) is 12.0 Å². The number of carbonyl (C=O) groups excluding carboxylic acids is 1. The fraction of sp³-hybridized carbons (Fsp3) is 0.296. The highest BCUT2D eigenvalue weighted by atomic mass is 16.7. The standard InChI is InChI=1S/C27H24N2O9/c1-34-21-6-13(7-22(35-2)26(21)30)23-16-9-19-20(38-12-37-19)10-17(16)25(18-11-36-27(31)24(18)23)28-14-4-3-5-15(8-14)29(32)33/h3-10,18,23-25,28,30H,11-12H2,1-2H3/t18?,23-,24-,25+/m0/s1. The van der Waals surface area contributed by atoms with Crippen molar-refractivity contribution in [2.75, 3.05) is 32.9 Å². The first kappa shape index (κ1) is 23.7. The first-order valence-electron chi connectivity index (χ1n) is 12.0. The Balaban J connectivity index is 1.54.